The lowest BCUT2D eigenvalue weighted by atomic mass is 9.93. The van der Waals surface area contributed by atoms with E-state index in [4.69, 9.17) is 0 Å². The van der Waals surface area contributed by atoms with Gasteiger partial charge in [0.15, 0.2) is 0 Å². The largest absolute Gasteiger partial charge is 0.325 e. The van der Waals surface area contributed by atoms with Gasteiger partial charge in [0.25, 0.3) is 0 Å². The van der Waals surface area contributed by atoms with E-state index in [0.29, 0.717) is 6.42 Å². The zero-order valence-electron chi connectivity index (χ0n) is 10.6. The Labute approximate surface area is 107 Å². The van der Waals surface area contributed by atoms with Crippen molar-refractivity contribution in [2.24, 2.45) is 0 Å². The van der Waals surface area contributed by atoms with Crippen molar-refractivity contribution >= 4 is 11.6 Å². The van der Waals surface area contributed by atoms with Crippen LogP contribution in [0.4, 0.5) is 5.69 Å². The minimum absolute atomic E-state index is 0.0884. The Morgan fingerprint density at radius 1 is 1.00 bits per heavy atom. The Bertz CT molecular complexity index is 644. The minimum atomic E-state index is 0.0884. The number of hydrogen-bond acceptors (Lipinski definition) is 1. The van der Waals surface area contributed by atoms with Gasteiger partial charge in [-0.15, -0.1) is 0 Å². The number of fused-ring (bicyclic) bond motifs is 1. The van der Waals surface area contributed by atoms with E-state index in [1.54, 1.807) is 0 Å². The van der Waals surface area contributed by atoms with Crippen molar-refractivity contribution in [1.29, 1.82) is 0 Å². The molecule has 0 saturated heterocycles. The van der Waals surface area contributed by atoms with Crippen LogP contribution in [0.2, 0.25) is 0 Å². The molecule has 1 amide bonds. The van der Waals surface area contributed by atoms with Gasteiger partial charge in [-0.25, -0.2) is 0 Å². The van der Waals surface area contributed by atoms with Gasteiger partial charge in [0.1, 0.15) is 0 Å². The van der Waals surface area contributed by atoms with Crippen molar-refractivity contribution in [3.8, 4) is 11.1 Å². The molecule has 2 aromatic rings. The molecule has 0 saturated carbocycles. The average molecular weight is 237 g/mol. The van der Waals surface area contributed by atoms with Gasteiger partial charge in [-0.3, -0.25) is 4.79 Å². The van der Waals surface area contributed by atoms with Crippen LogP contribution in [-0.2, 0) is 11.2 Å². The van der Waals surface area contributed by atoms with E-state index in [1.807, 2.05) is 18.2 Å². The number of anilines is 1. The molecule has 2 heteroatoms. The highest BCUT2D eigenvalue weighted by Gasteiger charge is 2.22. The van der Waals surface area contributed by atoms with Gasteiger partial charge in [0.2, 0.25) is 5.91 Å². The molecule has 2 nitrogen and oxygen atoms in total. The van der Waals surface area contributed by atoms with Crippen LogP contribution in [0, 0.1) is 13.8 Å². The van der Waals surface area contributed by atoms with Gasteiger partial charge in [-0.1, -0.05) is 36.4 Å². The van der Waals surface area contributed by atoms with E-state index in [1.165, 1.54) is 16.7 Å². The maximum atomic E-state index is 11.6. The Morgan fingerprint density at radius 3 is 2.56 bits per heavy atom. The Kier molecular flexibility index (Phi) is 2.44. The van der Waals surface area contributed by atoms with Crippen molar-refractivity contribution in [1.82, 2.24) is 0 Å². The first kappa shape index (κ1) is 11.0. The molecule has 0 atom stereocenters. The summed E-state index contributed by atoms with van der Waals surface area (Å²) in [5.41, 5.74) is 6.89. The highest BCUT2D eigenvalue weighted by Crippen LogP contribution is 2.38. The van der Waals surface area contributed by atoms with Gasteiger partial charge in [-0.05, 0) is 36.1 Å². The summed E-state index contributed by atoms with van der Waals surface area (Å²) in [4.78, 5) is 11.6. The fourth-order valence-electron chi connectivity index (χ4n) is 2.60. The maximum absolute atomic E-state index is 11.6. The molecule has 1 heterocycles. The van der Waals surface area contributed by atoms with Crippen LogP contribution in [0.5, 0.6) is 0 Å². The number of aryl methyl sites for hydroxylation is 2. The molecule has 0 aromatic heterocycles. The molecule has 18 heavy (non-hydrogen) atoms. The summed E-state index contributed by atoms with van der Waals surface area (Å²) in [7, 11) is 0. The first-order valence-corrected chi connectivity index (χ1v) is 6.15. The smallest absolute Gasteiger partial charge is 0.228 e. The monoisotopic (exact) mass is 237 g/mol. The standard InChI is InChI=1S/C16H15NO/c1-10-5-3-4-6-13(10)15-11(2)7-8-12-9-14(18)17-16(12)15/h3-8H,9H2,1-2H3,(H,17,18). The van der Waals surface area contributed by atoms with Gasteiger partial charge in [0.05, 0.1) is 12.1 Å². The van der Waals surface area contributed by atoms with E-state index in [-0.39, 0.29) is 5.91 Å². The number of hydrogen-bond donors (Lipinski definition) is 1. The second-order valence-electron chi connectivity index (χ2n) is 4.83. The van der Waals surface area contributed by atoms with Crippen molar-refractivity contribution < 1.29 is 4.79 Å². The molecule has 0 spiro atoms. The van der Waals surface area contributed by atoms with Crippen LogP contribution >= 0.6 is 0 Å². The summed E-state index contributed by atoms with van der Waals surface area (Å²) >= 11 is 0. The Hall–Kier alpha value is -2.09. The van der Waals surface area contributed by atoms with Crippen LogP contribution in [0.15, 0.2) is 36.4 Å². The lowest BCUT2D eigenvalue weighted by Crippen LogP contribution is -2.04. The lowest BCUT2D eigenvalue weighted by Gasteiger charge is -2.14. The molecule has 0 unspecified atom stereocenters. The normalized spacial score (nSPS) is 13.3. The highest BCUT2D eigenvalue weighted by molar-refractivity contribution is 6.04. The van der Waals surface area contributed by atoms with Crippen molar-refractivity contribution in [3.63, 3.8) is 0 Å². The molecule has 1 N–H and O–H groups in total. The maximum Gasteiger partial charge on any atom is 0.228 e. The van der Waals surface area contributed by atoms with Crippen LogP contribution < -0.4 is 5.32 Å². The lowest BCUT2D eigenvalue weighted by molar-refractivity contribution is -0.115. The fraction of sp³-hybridized carbons (Fsp3) is 0.188. The molecule has 2 aromatic carbocycles. The molecule has 0 bridgehead atoms. The molecular weight excluding hydrogens is 222 g/mol. The number of amides is 1. The molecule has 1 aliphatic rings. The topological polar surface area (TPSA) is 29.1 Å². The summed E-state index contributed by atoms with van der Waals surface area (Å²) in [6.07, 6.45) is 0.495. The number of rotatable bonds is 1. The zero-order valence-corrected chi connectivity index (χ0v) is 10.6. The molecule has 90 valence electrons. The molecule has 3 rings (SSSR count). The second-order valence-corrected chi connectivity index (χ2v) is 4.83. The van der Waals surface area contributed by atoms with Gasteiger partial charge in [-0.2, -0.15) is 0 Å². The third-order valence-corrected chi connectivity index (χ3v) is 3.53. The van der Waals surface area contributed by atoms with Crippen LogP contribution in [-0.4, -0.2) is 5.91 Å². The summed E-state index contributed by atoms with van der Waals surface area (Å²) < 4.78 is 0. The highest BCUT2D eigenvalue weighted by atomic mass is 16.1. The van der Waals surface area contributed by atoms with E-state index in [9.17, 15) is 4.79 Å². The number of carbonyl (C=O) groups excluding carboxylic acids is 1. The first-order chi connectivity index (χ1) is 8.66. The summed E-state index contributed by atoms with van der Waals surface area (Å²) in [6, 6.07) is 12.4. The van der Waals surface area contributed by atoms with Crippen LogP contribution in [0.3, 0.4) is 0 Å². The van der Waals surface area contributed by atoms with Gasteiger partial charge >= 0.3 is 0 Å². The number of nitrogens with one attached hydrogen (secondary N) is 1. The second kappa shape index (κ2) is 3.98. The molecule has 0 fully saturated rings. The quantitative estimate of drug-likeness (QED) is 0.808. The predicted molar refractivity (Wildman–Crippen MR) is 73.7 cm³/mol. The zero-order chi connectivity index (χ0) is 12.7. The van der Waals surface area contributed by atoms with E-state index in [0.717, 1.165) is 16.8 Å². The third kappa shape index (κ3) is 1.61. The minimum Gasteiger partial charge on any atom is -0.325 e. The fourth-order valence-corrected chi connectivity index (χ4v) is 2.60. The van der Waals surface area contributed by atoms with E-state index < -0.39 is 0 Å². The van der Waals surface area contributed by atoms with E-state index >= 15 is 0 Å². The third-order valence-electron chi connectivity index (χ3n) is 3.53. The van der Waals surface area contributed by atoms with Gasteiger partial charge < -0.3 is 5.32 Å². The summed E-state index contributed by atoms with van der Waals surface area (Å²) in [6.45, 7) is 4.19. The van der Waals surface area contributed by atoms with Crippen molar-refractivity contribution in [2.45, 2.75) is 20.3 Å². The van der Waals surface area contributed by atoms with Gasteiger partial charge in [0, 0.05) is 5.56 Å². The predicted octanol–water partition coefficient (Wildman–Crippen LogP) is 3.47. The summed E-state index contributed by atoms with van der Waals surface area (Å²) in [5, 5.41) is 2.99. The Balaban J connectivity index is 2.28. The molecular formula is C16H15NO. The molecule has 0 radical (unpaired) electrons. The molecule has 0 aliphatic carbocycles. The Morgan fingerprint density at radius 2 is 1.78 bits per heavy atom. The van der Waals surface area contributed by atoms with Crippen molar-refractivity contribution in [3.05, 3.63) is 53.1 Å². The van der Waals surface area contributed by atoms with E-state index in [2.05, 4.69) is 37.4 Å². The SMILES string of the molecule is Cc1ccccc1-c1c(C)ccc2c1NC(=O)C2. The number of carbonyl (C=O) groups is 1. The average Bonchev–Trinajstić information content (AvgIpc) is 2.71. The first-order valence-electron chi connectivity index (χ1n) is 6.15. The number of benzene rings is 2. The molecule has 1 aliphatic heterocycles. The summed E-state index contributed by atoms with van der Waals surface area (Å²) in [5.74, 6) is 0.0884. The van der Waals surface area contributed by atoms with Crippen LogP contribution in [0.25, 0.3) is 11.1 Å². The van der Waals surface area contributed by atoms with Crippen molar-refractivity contribution in [2.75, 3.05) is 5.32 Å². The van der Waals surface area contributed by atoms with Crippen LogP contribution in [0.1, 0.15) is 16.7 Å².